The molecule has 2 saturated heterocycles. The van der Waals surface area contributed by atoms with Crippen molar-refractivity contribution in [1.82, 2.24) is 4.90 Å². The van der Waals surface area contributed by atoms with E-state index in [1.807, 2.05) is 0 Å². The molecule has 0 radical (unpaired) electrons. The van der Waals surface area contributed by atoms with Crippen LogP contribution in [0.15, 0.2) is 24.3 Å². The molecule has 3 nitrogen and oxygen atoms in total. The molecular formula is C20H33NO2. The van der Waals surface area contributed by atoms with E-state index in [4.69, 9.17) is 4.74 Å². The summed E-state index contributed by atoms with van der Waals surface area (Å²) in [5, 5.41) is 0. The van der Waals surface area contributed by atoms with Crippen molar-refractivity contribution in [1.29, 1.82) is 0 Å². The minimum Gasteiger partial charge on any atom is -0.461 e. The SMILES string of the molecule is CCCCC=CC=CC1CCCC2CCC(OC(C)=O)C(C)N12. The minimum absolute atomic E-state index is 0.0536. The maximum atomic E-state index is 11.3. The Morgan fingerprint density at radius 2 is 2.04 bits per heavy atom. The van der Waals surface area contributed by atoms with Crippen molar-refractivity contribution in [2.24, 2.45) is 0 Å². The van der Waals surface area contributed by atoms with Crippen LogP contribution in [0.5, 0.6) is 0 Å². The van der Waals surface area contributed by atoms with Gasteiger partial charge < -0.3 is 4.74 Å². The van der Waals surface area contributed by atoms with E-state index in [-0.39, 0.29) is 12.1 Å². The van der Waals surface area contributed by atoms with Crippen molar-refractivity contribution in [3.05, 3.63) is 24.3 Å². The number of carbonyl (C=O) groups excluding carboxylic acids is 1. The molecule has 0 aromatic carbocycles. The van der Waals surface area contributed by atoms with Crippen LogP contribution in [0.4, 0.5) is 0 Å². The number of esters is 1. The number of piperidine rings is 2. The fourth-order valence-corrected chi connectivity index (χ4v) is 4.10. The lowest BCUT2D eigenvalue weighted by Crippen LogP contribution is -2.58. The molecule has 4 atom stereocenters. The highest BCUT2D eigenvalue weighted by Crippen LogP contribution is 2.35. The third-order valence-corrected chi connectivity index (χ3v) is 5.26. The molecule has 2 aliphatic rings. The summed E-state index contributed by atoms with van der Waals surface area (Å²) in [6.07, 6.45) is 18.7. The summed E-state index contributed by atoms with van der Waals surface area (Å²) < 4.78 is 5.55. The molecule has 0 N–H and O–H groups in total. The van der Waals surface area contributed by atoms with E-state index in [1.54, 1.807) is 0 Å². The Morgan fingerprint density at radius 3 is 2.78 bits per heavy atom. The van der Waals surface area contributed by atoms with E-state index in [0.29, 0.717) is 18.1 Å². The normalized spacial score (nSPS) is 32.3. The fourth-order valence-electron chi connectivity index (χ4n) is 4.10. The van der Waals surface area contributed by atoms with Crippen LogP contribution >= 0.6 is 0 Å². The number of hydrogen-bond acceptors (Lipinski definition) is 3. The Labute approximate surface area is 141 Å². The van der Waals surface area contributed by atoms with E-state index in [2.05, 4.69) is 43.1 Å². The van der Waals surface area contributed by atoms with E-state index in [0.717, 1.165) is 12.8 Å². The quantitative estimate of drug-likeness (QED) is 0.406. The van der Waals surface area contributed by atoms with Gasteiger partial charge >= 0.3 is 5.97 Å². The summed E-state index contributed by atoms with van der Waals surface area (Å²) in [5.41, 5.74) is 0. The predicted molar refractivity (Wildman–Crippen MR) is 95.3 cm³/mol. The monoisotopic (exact) mass is 319 g/mol. The van der Waals surface area contributed by atoms with Gasteiger partial charge in [0.05, 0.1) is 0 Å². The molecule has 0 aliphatic carbocycles. The number of fused-ring (bicyclic) bond motifs is 1. The van der Waals surface area contributed by atoms with Crippen LogP contribution in [0.25, 0.3) is 0 Å². The van der Waals surface area contributed by atoms with Crippen LogP contribution in [0.3, 0.4) is 0 Å². The van der Waals surface area contributed by atoms with Crippen molar-refractivity contribution in [3.63, 3.8) is 0 Å². The van der Waals surface area contributed by atoms with Gasteiger partial charge in [-0.2, -0.15) is 0 Å². The summed E-state index contributed by atoms with van der Waals surface area (Å²) in [5.74, 6) is -0.150. The second-order valence-corrected chi connectivity index (χ2v) is 7.02. The molecule has 23 heavy (non-hydrogen) atoms. The molecule has 2 heterocycles. The highest BCUT2D eigenvalue weighted by Gasteiger charge is 2.40. The minimum atomic E-state index is -0.150. The Morgan fingerprint density at radius 1 is 1.22 bits per heavy atom. The highest BCUT2D eigenvalue weighted by molar-refractivity contribution is 5.66. The molecule has 0 bridgehead atoms. The Balaban J connectivity index is 1.97. The molecule has 130 valence electrons. The molecule has 0 amide bonds. The Bertz CT molecular complexity index is 429. The zero-order valence-corrected chi connectivity index (χ0v) is 15.0. The predicted octanol–water partition coefficient (Wildman–Crippen LogP) is 4.63. The molecule has 0 spiro atoms. The van der Waals surface area contributed by atoms with Gasteiger partial charge in [-0.15, -0.1) is 0 Å². The number of rotatable bonds is 6. The van der Waals surface area contributed by atoms with Gasteiger partial charge in [-0.25, -0.2) is 0 Å². The molecule has 4 unspecified atom stereocenters. The molecular weight excluding hydrogens is 286 g/mol. The first-order chi connectivity index (χ1) is 11.1. The topological polar surface area (TPSA) is 29.5 Å². The average molecular weight is 319 g/mol. The molecule has 2 aliphatic heterocycles. The van der Waals surface area contributed by atoms with E-state index in [1.165, 1.54) is 45.4 Å². The second-order valence-electron chi connectivity index (χ2n) is 7.02. The van der Waals surface area contributed by atoms with Gasteiger partial charge in [0, 0.05) is 25.0 Å². The van der Waals surface area contributed by atoms with Gasteiger partial charge in [0.25, 0.3) is 0 Å². The Kier molecular flexibility index (Phi) is 7.35. The summed E-state index contributed by atoms with van der Waals surface area (Å²) in [6.45, 7) is 5.97. The summed E-state index contributed by atoms with van der Waals surface area (Å²) in [6, 6.07) is 1.46. The second kappa shape index (κ2) is 9.27. The number of ether oxygens (including phenoxy) is 1. The zero-order valence-electron chi connectivity index (χ0n) is 15.0. The standard InChI is InChI=1S/C20H33NO2/c1-4-5-6-7-8-9-11-18-12-10-13-19-14-15-20(23-17(3)22)16(2)21(18)19/h7-9,11,16,18-20H,4-6,10,12-15H2,1-3H3. The van der Waals surface area contributed by atoms with Crippen molar-refractivity contribution in [3.8, 4) is 0 Å². The summed E-state index contributed by atoms with van der Waals surface area (Å²) >= 11 is 0. The van der Waals surface area contributed by atoms with Gasteiger partial charge in [0.2, 0.25) is 0 Å². The lowest BCUT2D eigenvalue weighted by atomic mass is 9.84. The van der Waals surface area contributed by atoms with Gasteiger partial charge in [0.1, 0.15) is 6.10 Å². The summed E-state index contributed by atoms with van der Waals surface area (Å²) in [4.78, 5) is 13.9. The molecule has 3 heteroatoms. The number of hydrogen-bond donors (Lipinski definition) is 0. The van der Waals surface area contributed by atoms with Crippen LogP contribution in [0.2, 0.25) is 0 Å². The zero-order chi connectivity index (χ0) is 16.7. The van der Waals surface area contributed by atoms with Crippen LogP contribution in [0, 0.1) is 0 Å². The third kappa shape index (κ3) is 5.20. The van der Waals surface area contributed by atoms with Crippen LogP contribution in [-0.2, 0) is 9.53 Å². The number of allylic oxidation sites excluding steroid dienone is 3. The maximum absolute atomic E-state index is 11.3. The third-order valence-electron chi connectivity index (χ3n) is 5.26. The molecule has 0 aromatic heterocycles. The average Bonchev–Trinajstić information content (AvgIpc) is 2.53. The van der Waals surface area contributed by atoms with Gasteiger partial charge in [-0.05, 0) is 39.0 Å². The lowest BCUT2D eigenvalue weighted by molar-refractivity contribution is -0.155. The van der Waals surface area contributed by atoms with Crippen LogP contribution in [-0.4, -0.2) is 35.1 Å². The molecule has 0 saturated carbocycles. The summed E-state index contributed by atoms with van der Waals surface area (Å²) in [7, 11) is 0. The van der Waals surface area contributed by atoms with Crippen LogP contribution in [0.1, 0.15) is 72.1 Å². The van der Waals surface area contributed by atoms with E-state index in [9.17, 15) is 4.79 Å². The van der Waals surface area contributed by atoms with Gasteiger partial charge in [0.15, 0.2) is 0 Å². The van der Waals surface area contributed by atoms with Crippen LogP contribution < -0.4 is 0 Å². The number of unbranched alkanes of at least 4 members (excludes halogenated alkanes) is 2. The molecule has 2 fully saturated rings. The first kappa shape index (κ1) is 18.3. The van der Waals surface area contributed by atoms with Gasteiger partial charge in [-0.1, -0.05) is 50.5 Å². The number of nitrogens with zero attached hydrogens (tertiary/aromatic N) is 1. The van der Waals surface area contributed by atoms with E-state index < -0.39 is 0 Å². The first-order valence-electron chi connectivity index (χ1n) is 9.41. The smallest absolute Gasteiger partial charge is 0.302 e. The van der Waals surface area contributed by atoms with Crippen molar-refractivity contribution >= 4 is 5.97 Å². The molecule has 2 rings (SSSR count). The largest absolute Gasteiger partial charge is 0.461 e. The van der Waals surface area contributed by atoms with Gasteiger partial charge in [-0.3, -0.25) is 9.69 Å². The van der Waals surface area contributed by atoms with E-state index >= 15 is 0 Å². The first-order valence-corrected chi connectivity index (χ1v) is 9.41. The highest BCUT2D eigenvalue weighted by atomic mass is 16.5. The molecule has 0 aromatic rings. The number of carbonyl (C=O) groups is 1. The maximum Gasteiger partial charge on any atom is 0.302 e. The van der Waals surface area contributed by atoms with Crippen molar-refractivity contribution in [2.45, 2.75) is 96.4 Å². The Hall–Kier alpha value is -1.09. The van der Waals surface area contributed by atoms with Crippen molar-refractivity contribution < 1.29 is 9.53 Å². The van der Waals surface area contributed by atoms with Crippen molar-refractivity contribution in [2.75, 3.05) is 0 Å². The lowest BCUT2D eigenvalue weighted by Gasteiger charge is -2.50. The fraction of sp³-hybridized carbons (Fsp3) is 0.750.